The number of carboxylic acid groups (broad SMARTS) is 1. The number of carboxylic acids is 1. The molecule has 0 aromatic heterocycles. The average molecular weight is 274 g/mol. The van der Waals surface area contributed by atoms with Crippen molar-refractivity contribution in [3.8, 4) is 5.75 Å². The van der Waals surface area contributed by atoms with Crippen molar-refractivity contribution in [2.75, 3.05) is 6.61 Å². The molecule has 0 heterocycles. The van der Waals surface area contributed by atoms with Gasteiger partial charge >= 0.3 is 5.97 Å². The molecule has 0 saturated heterocycles. The first-order valence-electron chi connectivity index (χ1n) is 6.55. The summed E-state index contributed by atoms with van der Waals surface area (Å²) in [6, 6.07) is 10.7. The maximum Gasteiger partial charge on any atom is 0.340 e. The first-order chi connectivity index (χ1) is 9.44. The number of aromatic carboxylic acids is 1. The number of benzene rings is 2. The summed E-state index contributed by atoms with van der Waals surface area (Å²) in [5.41, 5.74) is -0.837. The SMILES string of the molecule is CCC(C)(O)COc1ccc2ccccc2c1C(=O)O. The molecule has 0 fully saturated rings. The molecule has 2 aromatic carbocycles. The third-order valence-electron chi connectivity index (χ3n) is 3.40. The highest BCUT2D eigenvalue weighted by atomic mass is 16.5. The molecule has 4 heteroatoms. The molecular formula is C16H18O4. The molecule has 4 nitrogen and oxygen atoms in total. The molecule has 0 aliphatic carbocycles. The molecule has 0 aliphatic heterocycles. The molecule has 106 valence electrons. The van der Waals surface area contributed by atoms with Gasteiger partial charge in [-0.3, -0.25) is 0 Å². The quantitative estimate of drug-likeness (QED) is 0.879. The third kappa shape index (κ3) is 2.91. The predicted octanol–water partition coefficient (Wildman–Crippen LogP) is 3.08. The normalized spacial score (nSPS) is 13.9. The van der Waals surface area contributed by atoms with Gasteiger partial charge in [0.15, 0.2) is 0 Å². The summed E-state index contributed by atoms with van der Waals surface area (Å²) in [5.74, 6) is -0.752. The minimum atomic E-state index is -1.03. The fourth-order valence-corrected chi connectivity index (χ4v) is 1.93. The number of aliphatic hydroxyl groups is 1. The standard InChI is InChI=1S/C16H18O4/c1-3-16(2,19)10-20-13-9-8-11-6-4-5-7-12(11)14(13)15(17)18/h4-9,19H,3,10H2,1-2H3,(H,17,18). The summed E-state index contributed by atoms with van der Waals surface area (Å²) in [6.07, 6.45) is 0.531. The van der Waals surface area contributed by atoms with Crippen molar-refractivity contribution in [1.29, 1.82) is 0 Å². The second kappa shape index (κ2) is 5.51. The molecule has 0 saturated carbocycles. The van der Waals surface area contributed by atoms with Crippen LogP contribution in [-0.2, 0) is 0 Å². The van der Waals surface area contributed by atoms with E-state index in [0.717, 1.165) is 5.39 Å². The van der Waals surface area contributed by atoms with Crippen LogP contribution in [0.15, 0.2) is 36.4 Å². The average Bonchev–Trinajstić information content (AvgIpc) is 2.44. The van der Waals surface area contributed by atoms with Gasteiger partial charge in [-0.05, 0) is 30.2 Å². The van der Waals surface area contributed by atoms with Crippen molar-refractivity contribution in [3.05, 3.63) is 42.0 Å². The minimum Gasteiger partial charge on any atom is -0.490 e. The van der Waals surface area contributed by atoms with Gasteiger partial charge in [0.05, 0.1) is 5.60 Å². The second-order valence-corrected chi connectivity index (χ2v) is 5.10. The summed E-state index contributed by atoms with van der Waals surface area (Å²) in [6.45, 7) is 3.57. The maximum atomic E-state index is 11.5. The van der Waals surface area contributed by atoms with Crippen molar-refractivity contribution < 1.29 is 19.7 Å². The zero-order valence-electron chi connectivity index (χ0n) is 11.6. The van der Waals surface area contributed by atoms with E-state index in [9.17, 15) is 15.0 Å². The molecule has 20 heavy (non-hydrogen) atoms. The Morgan fingerprint density at radius 2 is 1.95 bits per heavy atom. The molecule has 0 amide bonds. The highest BCUT2D eigenvalue weighted by Crippen LogP contribution is 2.28. The van der Waals surface area contributed by atoms with E-state index in [-0.39, 0.29) is 17.9 Å². The molecule has 1 unspecified atom stereocenters. The van der Waals surface area contributed by atoms with Gasteiger partial charge in [0.1, 0.15) is 17.9 Å². The highest BCUT2D eigenvalue weighted by molar-refractivity contribution is 6.06. The Balaban J connectivity index is 2.43. The van der Waals surface area contributed by atoms with Gasteiger partial charge in [-0.2, -0.15) is 0 Å². The monoisotopic (exact) mass is 274 g/mol. The lowest BCUT2D eigenvalue weighted by molar-refractivity contribution is 0.00795. The van der Waals surface area contributed by atoms with E-state index in [0.29, 0.717) is 11.8 Å². The maximum absolute atomic E-state index is 11.5. The van der Waals surface area contributed by atoms with Crippen LogP contribution < -0.4 is 4.74 Å². The smallest absolute Gasteiger partial charge is 0.340 e. The van der Waals surface area contributed by atoms with E-state index in [1.54, 1.807) is 25.1 Å². The Hall–Kier alpha value is -2.07. The van der Waals surface area contributed by atoms with Crippen LogP contribution in [0.4, 0.5) is 0 Å². The van der Waals surface area contributed by atoms with E-state index in [1.807, 2.05) is 25.1 Å². The van der Waals surface area contributed by atoms with E-state index < -0.39 is 11.6 Å². The van der Waals surface area contributed by atoms with Crippen molar-refractivity contribution >= 4 is 16.7 Å². The summed E-state index contributed by atoms with van der Waals surface area (Å²) in [4.78, 5) is 11.5. The van der Waals surface area contributed by atoms with E-state index in [1.165, 1.54) is 0 Å². The van der Waals surface area contributed by atoms with E-state index >= 15 is 0 Å². The zero-order valence-corrected chi connectivity index (χ0v) is 11.6. The lowest BCUT2D eigenvalue weighted by atomic mass is 10.0. The molecule has 0 spiro atoms. The molecule has 2 rings (SSSR count). The van der Waals surface area contributed by atoms with Crippen molar-refractivity contribution in [1.82, 2.24) is 0 Å². The Kier molecular flexibility index (Phi) is 3.95. The summed E-state index contributed by atoms with van der Waals surface area (Å²) in [7, 11) is 0. The van der Waals surface area contributed by atoms with E-state index in [4.69, 9.17) is 4.74 Å². The van der Waals surface area contributed by atoms with Gasteiger partial charge < -0.3 is 14.9 Å². The number of hydrogen-bond acceptors (Lipinski definition) is 3. The topological polar surface area (TPSA) is 66.8 Å². The molecule has 0 bridgehead atoms. The van der Waals surface area contributed by atoms with Gasteiger partial charge in [0.2, 0.25) is 0 Å². The predicted molar refractivity (Wildman–Crippen MR) is 77.3 cm³/mol. The Labute approximate surface area is 117 Å². The molecular weight excluding hydrogens is 256 g/mol. The fraction of sp³-hybridized carbons (Fsp3) is 0.312. The molecule has 0 aliphatic rings. The highest BCUT2D eigenvalue weighted by Gasteiger charge is 2.21. The van der Waals surface area contributed by atoms with Gasteiger partial charge in [0, 0.05) is 0 Å². The van der Waals surface area contributed by atoms with Crippen LogP contribution in [0.1, 0.15) is 30.6 Å². The first-order valence-corrected chi connectivity index (χ1v) is 6.55. The largest absolute Gasteiger partial charge is 0.490 e. The van der Waals surface area contributed by atoms with Crippen LogP contribution in [0.3, 0.4) is 0 Å². The number of carbonyl (C=O) groups is 1. The van der Waals surface area contributed by atoms with Crippen LogP contribution in [-0.4, -0.2) is 28.4 Å². The fourth-order valence-electron chi connectivity index (χ4n) is 1.93. The summed E-state index contributed by atoms with van der Waals surface area (Å²) in [5, 5.41) is 20.8. The number of ether oxygens (including phenoxy) is 1. The third-order valence-corrected chi connectivity index (χ3v) is 3.40. The molecule has 0 radical (unpaired) electrons. The molecule has 2 N–H and O–H groups in total. The zero-order chi connectivity index (χ0) is 14.8. The first kappa shape index (κ1) is 14.3. The van der Waals surface area contributed by atoms with Gasteiger partial charge in [-0.1, -0.05) is 37.3 Å². The second-order valence-electron chi connectivity index (χ2n) is 5.10. The Morgan fingerprint density at radius 1 is 1.25 bits per heavy atom. The Morgan fingerprint density at radius 3 is 2.60 bits per heavy atom. The van der Waals surface area contributed by atoms with Gasteiger partial charge in [-0.15, -0.1) is 0 Å². The number of hydrogen-bond donors (Lipinski definition) is 2. The lowest BCUT2D eigenvalue weighted by Crippen LogP contribution is -2.31. The van der Waals surface area contributed by atoms with Crippen LogP contribution in [0.5, 0.6) is 5.75 Å². The molecule has 1 atom stereocenters. The van der Waals surface area contributed by atoms with Crippen LogP contribution in [0.25, 0.3) is 10.8 Å². The number of fused-ring (bicyclic) bond motifs is 1. The minimum absolute atomic E-state index is 0.0577. The summed E-state index contributed by atoms with van der Waals surface area (Å²) >= 11 is 0. The van der Waals surface area contributed by atoms with Crippen LogP contribution in [0.2, 0.25) is 0 Å². The van der Waals surface area contributed by atoms with E-state index in [2.05, 4.69) is 0 Å². The van der Waals surface area contributed by atoms with Gasteiger partial charge in [-0.25, -0.2) is 4.79 Å². The summed E-state index contributed by atoms with van der Waals surface area (Å²) < 4.78 is 5.53. The number of rotatable bonds is 5. The van der Waals surface area contributed by atoms with Crippen molar-refractivity contribution in [3.63, 3.8) is 0 Å². The van der Waals surface area contributed by atoms with Crippen molar-refractivity contribution in [2.45, 2.75) is 25.9 Å². The van der Waals surface area contributed by atoms with Crippen LogP contribution >= 0.6 is 0 Å². The molecule has 2 aromatic rings. The van der Waals surface area contributed by atoms with Gasteiger partial charge in [0.25, 0.3) is 0 Å². The van der Waals surface area contributed by atoms with Crippen molar-refractivity contribution in [2.24, 2.45) is 0 Å². The Bertz CT molecular complexity index is 631. The lowest BCUT2D eigenvalue weighted by Gasteiger charge is -2.22. The van der Waals surface area contributed by atoms with Crippen LogP contribution in [0, 0.1) is 0 Å².